The minimum Gasteiger partial charge on any atom is -0.465 e. The fraction of sp³-hybridized carbons (Fsp3) is 0.600. The number of carbonyl (C=O) groups is 2. The summed E-state index contributed by atoms with van der Waals surface area (Å²) in [7, 11) is -0.832. The summed E-state index contributed by atoms with van der Waals surface area (Å²) in [6.07, 6.45) is 1.05. The zero-order valence-electron chi connectivity index (χ0n) is 14.3. The van der Waals surface area contributed by atoms with Gasteiger partial charge in [0.15, 0.2) is 0 Å². The van der Waals surface area contributed by atoms with Gasteiger partial charge in [0.1, 0.15) is 4.21 Å². The molecule has 2 heterocycles. The van der Waals surface area contributed by atoms with Gasteiger partial charge in [0.25, 0.3) is 10.0 Å². The molecule has 10 heteroatoms. The fourth-order valence-electron chi connectivity index (χ4n) is 2.51. The molecule has 1 aromatic rings. The van der Waals surface area contributed by atoms with E-state index in [1.807, 2.05) is 0 Å². The lowest BCUT2D eigenvalue weighted by molar-refractivity contribution is -0.132. The fourth-order valence-corrected chi connectivity index (χ4v) is 5.23. The molecule has 0 aromatic carbocycles. The molecule has 0 spiro atoms. The van der Waals surface area contributed by atoms with Crippen LogP contribution in [0.15, 0.2) is 15.7 Å². The second kappa shape index (κ2) is 8.75. The lowest BCUT2D eigenvalue weighted by atomic mass is 10.2. The van der Waals surface area contributed by atoms with Crippen LogP contribution in [-0.2, 0) is 24.3 Å². The van der Waals surface area contributed by atoms with Crippen LogP contribution in [0.5, 0.6) is 0 Å². The molecule has 2 rings (SSSR count). The standard InChI is InChI=1S/C15H22N2O6S2/c1-22-9-3-4-13(18)16-5-7-17(8-6-16)25(20,21)14-10-12(11-24-14)15(19)23-2/h10-11H,3-9H2,1-2H3. The van der Waals surface area contributed by atoms with Gasteiger partial charge in [0, 0.05) is 51.7 Å². The Morgan fingerprint density at radius 3 is 2.48 bits per heavy atom. The maximum atomic E-state index is 12.7. The number of amides is 1. The Kier molecular flexibility index (Phi) is 6.94. The first-order chi connectivity index (χ1) is 11.9. The summed E-state index contributed by atoms with van der Waals surface area (Å²) in [6.45, 7) is 1.73. The van der Waals surface area contributed by atoms with E-state index in [0.29, 0.717) is 32.5 Å². The highest BCUT2D eigenvalue weighted by atomic mass is 32.2. The number of nitrogens with zero attached hydrogens (tertiary/aromatic N) is 2. The maximum Gasteiger partial charge on any atom is 0.338 e. The molecule has 1 saturated heterocycles. The molecule has 0 aliphatic carbocycles. The number of piperazine rings is 1. The van der Waals surface area contributed by atoms with Crippen LogP contribution in [0.1, 0.15) is 23.2 Å². The van der Waals surface area contributed by atoms with Gasteiger partial charge in [-0.2, -0.15) is 4.31 Å². The van der Waals surface area contributed by atoms with E-state index in [9.17, 15) is 18.0 Å². The van der Waals surface area contributed by atoms with Crippen LogP contribution < -0.4 is 0 Å². The van der Waals surface area contributed by atoms with Crippen molar-refractivity contribution in [3.8, 4) is 0 Å². The van der Waals surface area contributed by atoms with E-state index in [0.717, 1.165) is 11.3 Å². The third-order valence-electron chi connectivity index (χ3n) is 3.92. The Bertz CT molecular complexity index is 707. The molecule has 1 aliphatic heterocycles. The Balaban J connectivity index is 1.96. The topological polar surface area (TPSA) is 93.2 Å². The Morgan fingerprint density at radius 2 is 1.88 bits per heavy atom. The number of sulfonamides is 1. The second-order valence-corrected chi connectivity index (χ2v) is 8.60. The summed E-state index contributed by atoms with van der Waals surface area (Å²) in [5.74, 6) is -0.553. The molecule has 140 valence electrons. The Labute approximate surface area is 151 Å². The van der Waals surface area contributed by atoms with Gasteiger partial charge in [-0.3, -0.25) is 4.79 Å². The van der Waals surface area contributed by atoms with E-state index in [4.69, 9.17) is 4.74 Å². The monoisotopic (exact) mass is 390 g/mol. The molecule has 25 heavy (non-hydrogen) atoms. The summed E-state index contributed by atoms with van der Waals surface area (Å²) in [5.41, 5.74) is 0.220. The molecule has 0 saturated carbocycles. The number of methoxy groups -OCH3 is 2. The van der Waals surface area contributed by atoms with Crippen molar-refractivity contribution in [1.29, 1.82) is 0 Å². The summed E-state index contributed by atoms with van der Waals surface area (Å²) < 4.78 is 36.3. The van der Waals surface area contributed by atoms with Crippen molar-refractivity contribution in [2.45, 2.75) is 17.1 Å². The molecule has 1 aliphatic rings. The minimum absolute atomic E-state index is 0.0122. The van der Waals surface area contributed by atoms with Crippen LogP contribution in [0.3, 0.4) is 0 Å². The molecule has 0 unspecified atom stereocenters. The SMILES string of the molecule is COCCCC(=O)N1CCN(S(=O)(=O)c2cc(C(=O)OC)cs2)CC1. The van der Waals surface area contributed by atoms with E-state index < -0.39 is 16.0 Å². The number of carbonyl (C=O) groups excluding carboxylic acids is 2. The predicted molar refractivity (Wildman–Crippen MR) is 92.1 cm³/mol. The molecule has 0 atom stereocenters. The normalized spacial score (nSPS) is 16.0. The quantitative estimate of drug-likeness (QED) is 0.505. The third-order valence-corrected chi connectivity index (χ3v) is 7.23. The van der Waals surface area contributed by atoms with E-state index in [-0.39, 0.29) is 28.8 Å². The number of thiophene rings is 1. The molecule has 0 bridgehead atoms. The highest BCUT2D eigenvalue weighted by Crippen LogP contribution is 2.25. The number of esters is 1. The van der Waals surface area contributed by atoms with Gasteiger partial charge >= 0.3 is 5.97 Å². The molecule has 0 N–H and O–H groups in total. The van der Waals surface area contributed by atoms with Crippen molar-refractivity contribution in [2.24, 2.45) is 0 Å². The van der Waals surface area contributed by atoms with Crippen molar-refractivity contribution in [1.82, 2.24) is 9.21 Å². The van der Waals surface area contributed by atoms with Gasteiger partial charge in [0.2, 0.25) is 5.91 Å². The van der Waals surface area contributed by atoms with Gasteiger partial charge in [0.05, 0.1) is 12.7 Å². The van der Waals surface area contributed by atoms with Crippen molar-refractivity contribution >= 4 is 33.2 Å². The molecule has 1 aromatic heterocycles. The highest BCUT2D eigenvalue weighted by Gasteiger charge is 2.31. The van der Waals surface area contributed by atoms with E-state index in [2.05, 4.69) is 4.74 Å². The first-order valence-electron chi connectivity index (χ1n) is 7.84. The van der Waals surface area contributed by atoms with Crippen LogP contribution >= 0.6 is 11.3 Å². The smallest absolute Gasteiger partial charge is 0.338 e. The maximum absolute atomic E-state index is 12.7. The van der Waals surface area contributed by atoms with Crippen LogP contribution in [0.2, 0.25) is 0 Å². The number of rotatable bonds is 7. The first-order valence-corrected chi connectivity index (χ1v) is 10.2. The van der Waals surface area contributed by atoms with Crippen LogP contribution in [0, 0.1) is 0 Å². The van der Waals surface area contributed by atoms with E-state index in [1.165, 1.54) is 22.9 Å². The average molecular weight is 390 g/mol. The second-order valence-electron chi connectivity index (χ2n) is 5.53. The summed E-state index contributed by atoms with van der Waals surface area (Å²) in [5, 5.41) is 1.47. The molecule has 0 radical (unpaired) electrons. The van der Waals surface area contributed by atoms with Gasteiger partial charge < -0.3 is 14.4 Å². The molecule has 1 fully saturated rings. The van der Waals surface area contributed by atoms with E-state index in [1.54, 1.807) is 12.0 Å². The highest BCUT2D eigenvalue weighted by molar-refractivity contribution is 7.91. The van der Waals surface area contributed by atoms with Crippen LogP contribution in [0.25, 0.3) is 0 Å². The summed E-state index contributed by atoms with van der Waals surface area (Å²) >= 11 is 0.990. The summed E-state index contributed by atoms with van der Waals surface area (Å²) in [4.78, 5) is 25.2. The molecule has 8 nitrogen and oxygen atoms in total. The molecule has 1 amide bonds. The number of hydrogen-bond acceptors (Lipinski definition) is 7. The number of ether oxygens (including phenoxy) is 2. The van der Waals surface area contributed by atoms with Crippen molar-refractivity contribution in [3.05, 3.63) is 17.0 Å². The lowest BCUT2D eigenvalue weighted by Gasteiger charge is -2.33. The predicted octanol–water partition coefficient (Wildman–Crippen LogP) is 0.794. The lowest BCUT2D eigenvalue weighted by Crippen LogP contribution is -2.50. The van der Waals surface area contributed by atoms with Crippen LogP contribution in [-0.4, -0.2) is 76.5 Å². The Morgan fingerprint density at radius 1 is 1.20 bits per heavy atom. The average Bonchev–Trinajstić information content (AvgIpc) is 3.12. The van der Waals surface area contributed by atoms with Gasteiger partial charge in [-0.25, -0.2) is 13.2 Å². The number of hydrogen-bond donors (Lipinski definition) is 0. The van der Waals surface area contributed by atoms with Crippen LogP contribution in [0.4, 0.5) is 0 Å². The zero-order chi connectivity index (χ0) is 18.4. The minimum atomic E-state index is -3.67. The van der Waals surface area contributed by atoms with Gasteiger partial charge in [-0.1, -0.05) is 0 Å². The van der Waals surface area contributed by atoms with Gasteiger partial charge in [-0.15, -0.1) is 11.3 Å². The molecular weight excluding hydrogens is 368 g/mol. The first kappa shape index (κ1) is 19.8. The largest absolute Gasteiger partial charge is 0.465 e. The van der Waals surface area contributed by atoms with Crippen molar-refractivity contribution < 1.29 is 27.5 Å². The Hall–Kier alpha value is -1.49. The van der Waals surface area contributed by atoms with Crippen molar-refractivity contribution in [2.75, 3.05) is 47.0 Å². The third kappa shape index (κ3) is 4.78. The zero-order valence-corrected chi connectivity index (χ0v) is 15.9. The van der Waals surface area contributed by atoms with Crippen molar-refractivity contribution in [3.63, 3.8) is 0 Å². The molecular formula is C15H22N2O6S2. The summed E-state index contributed by atoms with van der Waals surface area (Å²) in [6, 6.07) is 1.33. The van der Waals surface area contributed by atoms with Gasteiger partial charge in [-0.05, 0) is 12.5 Å². The van der Waals surface area contributed by atoms with E-state index >= 15 is 0 Å².